The van der Waals surface area contributed by atoms with E-state index in [2.05, 4.69) is 11.5 Å². The fourth-order valence-electron chi connectivity index (χ4n) is 0.472. The molecule has 1 saturated heterocycles. The lowest BCUT2D eigenvalue weighted by Crippen LogP contribution is -1.98. The first-order valence-corrected chi connectivity index (χ1v) is 3.09. The first-order valence-electron chi connectivity index (χ1n) is 3.09. The molecular weight excluding hydrogens is 132 g/mol. The van der Waals surface area contributed by atoms with E-state index in [1.54, 1.807) is 6.08 Å². The quantitative estimate of drug-likeness (QED) is 0.195. The number of hydrogen-bond acceptors (Lipinski definition) is 3. The third-order valence-electron chi connectivity index (χ3n) is 1.07. The summed E-state index contributed by atoms with van der Waals surface area (Å²) in [5.41, 5.74) is 0. The van der Waals surface area contributed by atoms with Gasteiger partial charge in [-0.25, -0.2) is 0 Å². The third kappa shape index (κ3) is 2.11. The van der Waals surface area contributed by atoms with Crippen LogP contribution in [0.15, 0.2) is 24.7 Å². The summed E-state index contributed by atoms with van der Waals surface area (Å²) in [5.74, 6) is 0.768. The average molecular weight is 142 g/mol. The van der Waals surface area contributed by atoms with E-state index in [0.29, 0.717) is 6.61 Å². The van der Waals surface area contributed by atoms with Gasteiger partial charge in [0.25, 0.3) is 0 Å². The normalized spacial score (nSPS) is 22.9. The summed E-state index contributed by atoms with van der Waals surface area (Å²) < 4.78 is 4.87. The van der Waals surface area contributed by atoms with Crippen LogP contribution in [0.5, 0.6) is 0 Å². The Morgan fingerprint density at radius 3 is 3.00 bits per heavy atom. The van der Waals surface area contributed by atoms with Crippen LogP contribution >= 0.6 is 0 Å². The minimum Gasteiger partial charge on any atom is -0.481 e. The minimum absolute atomic E-state index is 0.0465. The first kappa shape index (κ1) is 7.15. The highest BCUT2D eigenvalue weighted by molar-refractivity contribution is 5.07. The molecule has 0 aliphatic carbocycles. The largest absolute Gasteiger partial charge is 0.481 e. The Morgan fingerprint density at radius 2 is 2.50 bits per heavy atom. The predicted octanol–water partition coefficient (Wildman–Crippen LogP) is 1.38. The van der Waals surface area contributed by atoms with Crippen molar-refractivity contribution < 1.29 is 14.5 Å². The summed E-state index contributed by atoms with van der Waals surface area (Å²) in [6.07, 6.45) is 3.25. The van der Waals surface area contributed by atoms with Crippen LogP contribution in [-0.2, 0) is 14.5 Å². The Bertz CT molecular complexity index is 151. The zero-order valence-corrected chi connectivity index (χ0v) is 5.87. The van der Waals surface area contributed by atoms with Crippen LogP contribution in [0.2, 0.25) is 0 Å². The Morgan fingerprint density at radius 1 is 1.80 bits per heavy atom. The van der Waals surface area contributed by atoms with Gasteiger partial charge < -0.3 is 9.62 Å². The summed E-state index contributed by atoms with van der Waals surface area (Å²) in [7, 11) is 0. The monoisotopic (exact) mass is 142 g/mol. The first-order chi connectivity index (χ1) is 4.84. The van der Waals surface area contributed by atoms with Gasteiger partial charge in [0.1, 0.15) is 18.6 Å². The molecule has 0 aromatic carbocycles. The molecule has 3 nitrogen and oxygen atoms in total. The second-order valence-electron chi connectivity index (χ2n) is 1.92. The predicted molar refractivity (Wildman–Crippen MR) is 35.9 cm³/mol. The van der Waals surface area contributed by atoms with Crippen LogP contribution in [0.25, 0.3) is 0 Å². The Balaban J connectivity index is 1.91. The number of hydrogen-bond donors (Lipinski definition) is 0. The van der Waals surface area contributed by atoms with Crippen molar-refractivity contribution in [1.82, 2.24) is 0 Å². The fraction of sp³-hybridized carbons (Fsp3) is 0.429. The molecule has 0 bridgehead atoms. The summed E-state index contributed by atoms with van der Waals surface area (Å²) >= 11 is 0. The van der Waals surface area contributed by atoms with Crippen molar-refractivity contribution in [3.8, 4) is 0 Å². The highest BCUT2D eigenvalue weighted by atomic mass is 17.2. The van der Waals surface area contributed by atoms with E-state index in [1.807, 2.05) is 6.92 Å². The summed E-state index contributed by atoms with van der Waals surface area (Å²) in [5, 5.41) is 0. The Labute approximate surface area is 59.8 Å². The van der Waals surface area contributed by atoms with Crippen LogP contribution in [0.3, 0.4) is 0 Å². The average Bonchev–Trinajstić information content (AvgIpc) is 2.60. The smallest absolute Gasteiger partial charge is 0.182 e. The summed E-state index contributed by atoms with van der Waals surface area (Å²) in [4.78, 5) is 9.28. The summed E-state index contributed by atoms with van der Waals surface area (Å²) in [6.45, 7) is 5.83. The van der Waals surface area contributed by atoms with Crippen molar-refractivity contribution in [2.24, 2.45) is 0 Å². The molecule has 0 N–H and O–H groups in total. The number of epoxide rings is 1. The molecular formula is C7H10O3. The number of allylic oxidation sites excluding steroid dienone is 1. The van der Waals surface area contributed by atoms with Gasteiger partial charge in [0, 0.05) is 0 Å². The Kier molecular flexibility index (Phi) is 2.34. The maximum absolute atomic E-state index is 4.87. The van der Waals surface area contributed by atoms with Crippen LogP contribution in [0.4, 0.5) is 0 Å². The van der Waals surface area contributed by atoms with Crippen molar-refractivity contribution in [2.75, 3.05) is 6.61 Å². The highest BCUT2D eigenvalue weighted by Crippen LogP contribution is 2.24. The van der Waals surface area contributed by atoms with Gasteiger partial charge in [-0.15, -0.1) is 0 Å². The van der Waals surface area contributed by atoms with Crippen molar-refractivity contribution in [1.29, 1.82) is 0 Å². The third-order valence-corrected chi connectivity index (χ3v) is 1.07. The minimum atomic E-state index is 0.0465. The van der Waals surface area contributed by atoms with Crippen LogP contribution in [-0.4, -0.2) is 12.7 Å². The second-order valence-corrected chi connectivity index (χ2v) is 1.92. The molecule has 1 fully saturated rings. The van der Waals surface area contributed by atoms with Crippen molar-refractivity contribution in [3.63, 3.8) is 0 Å². The van der Waals surface area contributed by atoms with E-state index in [-0.39, 0.29) is 6.10 Å². The van der Waals surface area contributed by atoms with Crippen LogP contribution < -0.4 is 0 Å². The molecule has 1 aliphatic rings. The summed E-state index contributed by atoms with van der Waals surface area (Å²) in [6, 6.07) is 0. The second kappa shape index (κ2) is 3.27. The molecule has 56 valence electrons. The molecule has 1 atom stereocenters. The molecule has 0 amide bonds. The van der Waals surface area contributed by atoms with Crippen molar-refractivity contribution in [3.05, 3.63) is 24.7 Å². The van der Waals surface area contributed by atoms with Crippen molar-refractivity contribution >= 4 is 0 Å². The van der Waals surface area contributed by atoms with E-state index in [0.717, 1.165) is 5.76 Å². The molecule has 1 rings (SSSR count). The van der Waals surface area contributed by atoms with Gasteiger partial charge in [-0.1, -0.05) is 6.58 Å². The molecule has 0 aromatic heterocycles. The van der Waals surface area contributed by atoms with E-state index in [1.165, 1.54) is 6.26 Å². The SMILES string of the molecule is C=C1OC1COO/C=C\C. The van der Waals surface area contributed by atoms with Crippen LogP contribution in [0.1, 0.15) is 6.92 Å². The molecule has 0 spiro atoms. The molecule has 0 saturated carbocycles. The van der Waals surface area contributed by atoms with Crippen molar-refractivity contribution in [2.45, 2.75) is 13.0 Å². The number of rotatable bonds is 4. The van der Waals surface area contributed by atoms with Gasteiger partial charge in [0.05, 0.1) is 0 Å². The van der Waals surface area contributed by atoms with E-state index < -0.39 is 0 Å². The Hall–Kier alpha value is -0.960. The van der Waals surface area contributed by atoms with Gasteiger partial charge in [-0.05, 0) is 13.0 Å². The van der Waals surface area contributed by atoms with E-state index in [4.69, 9.17) is 9.62 Å². The van der Waals surface area contributed by atoms with Gasteiger partial charge >= 0.3 is 0 Å². The molecule has 1 heterocycles. The molecule has 0 aromatic rings. The van der Waals surface area contributed by atoms with Crippen LogP contribution in [0, 0.1) is 0 Å². The van der Waals surface area contributed by atoms with Gasteiger partial charge in [0.15, 0.2) is 6.10 Å². The maximum atomic E-state index is 4.87. The lowest BCUT2D eigenvalue weighted by molar-refractivity contribution is -0.250. The topological polar surface area (TPSA) is 31.0 Å². The van der Waals surface area contributed by atoms with Gasteiger partial charge in [-0.2, -0.15) is 4.89 Å². The highest BCUT2D eigenvalue weighted by Gasteiger charge is 2.30. The molecule has 1 aliphatic heterocycles. The standard InChI is InChI=1S/C7H10O3/c1-3-4-8-9-5-7-6(2)10-7/h3-4,7H,2,5H2,1H3/b4-3-. The fourth-order valence-corrected chi connectivity index (χ4v) is 0.472. The molecule has 3 heteroatoms. The molecule has 0 radical (unpaired) electrons. The van der Waals surface area contributed by atoms with E-state index >= 15 is 0 Å². The maximum Gasteiger partial charge on any atom is 0.182 e. The van der Waals surface area contributed by atoms with E-state index in [9.17, 15) is 0 Å². The number of ether oxygens (including phenoxy) is 1. The zero-order chi connectivity index (χ0) is 7.40. The van der Waals surface area contributed by atoms with Gasteiger partial charge in [0.2, 0.25) is 0 Å². The lowest BCUT2D eigenvalue weighted by atomic mass is 10.5. The van der Waals surface area contributed by atoms with Gasteiger partial charge in [-0.3, -0.25) is 0 Å². The zero-order valence-electron chi connectivity index (χ0n) is 5.87. The lowest BCUT2D eigenvalue weighted by Gasteiger charge is -1.94. The molecule has 1 unspecified atom stereocenters. The molecule has 10 heavy (non-hydrogen) atoms.